The Morgan fingerprint density at radius 1 is 0.812 bits per heavy atom. The highest BCUT2D eigenvalue weighted by Gasteiger charge is 2.06. The normalized spacial score (nSPS) is 10.2. The molecule has 0 aromatic heterocycles. The second-order valence-electron chi connectivity index (χ2n) is 3.34. The number of rotatable bonds is 3. The van der Waals surface area contributed by atoms with Crippen LogP contribution >= 0.6 is 0 Å². The van der Waals surface area contributed by atoms with E-state index >= 15 is 0 Å². The summed E-state index contributed by atoms with van der Waals surface area (Å²) in [7, 11) is 4.87. The summed E-state index contributed by atoms with van der Waals surface area (Å²) < 4.78 is 15.6. The van der Waals surface area contributed by atoms with Crippen LogP contribution in [0.3, 0.4) is 0 Å². The zero-order valence-electron chi connectivity index (χ0n) is 9.53. The second kappa shape index (κ2) is 4.31. The topological polar surface area (TPSA) is 27.7 Å². The van der Waals surface area contributed by atoms with Crippen molar-refractivity contribution in [3.05, 3.63) is 30.3 Å². The van der Waals surface area contributed by atoms with Crippen molar-refractivity contribution in [1.82, 2.24) is 0 Å². The van der Waals surface area contributed by atoms with Crippen LogP contribution in [0, 0.1) is 6.07 Å². The van der Waals surface area contributed by atoms with Crippen LogP contribution < -0.4 is 14.2 Å². The van der Waals surface area contributed by atoms with Crippen molar-refractivity contribution in [2.45, 2.75) is 0 Å². The molecule has 0 spiro atoms. The molecule has 1 radical (unpaired) electrons. The van der Waals surface area contributed by atoms with Crippen molar-refractivity contribution in [1.29, 1.82) is 0 Å². The molecule has 0 bridgehead atoms. The minimum absolute atomic E-state index is 0.708. The van der Waals surface area contributed by atoms with Gasteiger partial charge < -0.3 is 14.2 Å². The number of benzene rings is 2. The van der Waals surface area contributed by atoms with Gasteiger partial charge in [-0.3, -0.25) is 0 Å². The molecule has 0 atom stereocenters. The molecular formula is C13H13O3. The Hall–Kier alpha value is -1.90. The highest BCUT2D eigenvalue weighted by molar-refractivity contribution is 5.87. The third-order valence-corrected chi connectivity index (χ3v) is 2.47. The van der Waals surface area contributed by atoms with Crippen LogP contribution in [0.1, 0.15) is 0 Å². The molecular weight excluding hydrogens is 204 g/mol. The molecule has 3 nitrogen and oxygen atoms in total. The molecule has 2 rings (SSSR count). The fraction of sp³-hybridized carbons (Fsp3) is 0.231. The van der Waals surface area contributed by atoms with Crippen LogP contribution in [0.2, 0.25) is 0 Å². The van der Waals surface area contributed by atoms with Gasteiger partial charge in [0, 0.05) is 6.07 Å². The molecule has 2 aromatic rings. The van der Waals surface area contributed by atoms with E-state index in [1.54, 1.807) is 21.3 Å². The van der Waals surface area contributed by atoms with Gasteiger partial charge in [-0.05, 0) is 35.0 Å². The third-order valence-electron chi connectivity index (χ3n) is 2.47. The van der Waals surface area contributed by atoms with E-state index in [-0.39, 0.29) is 0 Å². The van der Waals surface area contributed by atoms with Crippen LogP contribution in [0.15, 0.2) is 24.3 Å². The van der Waals surface area contributed by atoms with Crippen LogP contribution in [0.25, 0.3) is 10.8 Å². The predicted molar refractivity (Wildman–Crippen MR) is 62.4 cm³/mol. The van der Waals surface area contributed by atoms with E-state index in [0.717, 1.165) is 10.8 Å². The van der Waals surface area contributed by atoms with E-state index in [0.29, 0.717) is 17.2 Å². The summed E-state index contributed by atoms with van der Waals surface area (Å²) in [6, 6.07) is 10.7. The predicted octanol–water partition coefficient (Wildman–Crippen LogP) is 2.67. The van der Waals surface area contributed by atoms with E-state index < -0.39 is 0 Å². The zero-order chi connectivity index (χ0) is 11.5. The van der Waals surface area contributed by atoms with Crippen LogP contribution in [-0.2, 0) is 0 Å². The lowest BCUT2D eigenvalue weighted by Crippen LogP contribution is -1.91. The summed E-state index contributed by atoms with van der Waals surface area (Å²) in [6.45, 7) is 0. The Morgan fingerprint density at radius 3 is 2.00 bits per heavy atom. The number of hydrogen-bond acceptors (Lipinski definition) is 3. The van der Waals surface area contributed by atoms with Crippen LogP contribution in [-0.4, -0.2) is 21.3 Å². The fourth-order valence-corrected chi connectivity index (χ4v) is 1.61. The first kappa shape index (κ1) is 10.6. The van der Waals surface area contributed by atoms with Crippen molar-refractivity contribution < 1.29 is 14.2 Å². The van der Waals surface area contributed by atoms with E-state index in [4.69, 9.17) is 14.2 Å². The summed E-state index contributed by atoms with van der Waals surface area (Å²) in [4.78, 5) is 0. The second-order valence-corrected chi connectivity index (χ2v) is 3.34. The number of fused-ring (bicyclic) bond motifs is 1. The summed E-state index contributed by atoms with van der Waals surface area (Å²) in [5.41, 5.74) is 0. The minimum Gasteiger partial charge on any atom is -0.496 e. The Kier molecular flexibility index (Phi) is 2.86. The maximum atomic E-state index is 5.24. The molecule has 0 unspecified atom stereocenters. The smallest absolute Gasteiger partial charge is 0.161 e. The van der Waals surface area contributed by atoms with Crippen LogP contribution in [0.5, 0.6) is 17.2 Å². The highest BCUT2D eigenvalue weighted by atomic mass is 16.5. The SMILES string of the molecule is COc1[c]cc2cc(OC)c(OC)cc2c1. The Morgan fingerprint density at radius 2 is 1.44 bits per heavy atom. The lowest BCUT2D eigenvalue weighted by molar-refractivity contribution is 0.356. The van der Waals surface area contributed by atoms with Gasteiger partial charge in [0.25, 0.3) is 0 Å². The van der Waals surface area contributed by atoms with E-state index in [9.17, 15) is 0 Å². The van der Waals surface area contributed by atoms with Gasteiger partial charge in [-0.2, -0.15) is 0 Å². The lowest BCUT2D eigenvalue weighted by Gasteiger charge is -2.09. The maximum Gasteiger partial charge on any atom is 0.161 e. The van der Waals surface area contributed by atoms with Crippen molar-refractivity contribution in [2.24, 2.45) is 0 Å². The van der Waals surface area contributed by atoms with Crippen molar-refractivity contribution in [3.63, 3.8) is 0 Å². The molecule has 3 heteroatoms. The number of hydrogen-bond donors (Lipinski definition) is 0. The quantitative estimate of drug-likeness (QED) is 0.791. The van der Waals surface area contributed by atoms with E-state index in [1.165, 1.54) is 0 Å². The average molecular weight is 217 g/mol. The zero-order valence-corrected chi connectivity index (χ0v) is 9.53. The van der Waals surface area contributed by atoms with Crippen molar-refractivity contribution in [3.8, 4) is 17.2 Å². The van der Waals surface area contributed by atoms with Gasteiger partial charge in [0.15, 0.2) is 11.5 Å². The summed E-state index contributed by atoms with van der Waals surface area (Å²) in [6.07, 6.45) is 0. The fourth-order valence-electron chi connectivity index (χ4n) is 1.61. The lowest BCUT2D eigenvalue weighted by atomic mass is 10.1. The Labute approximate surface area is 94.5 Å². The molecule has 0 N–H and O–H groups in total. The van der Waals surface area contributed by atoms with Gasteiger partial charge in [0.1, 0.15) is 5.75 Å². The number of methoxy groups -OCH3 is 3. The molecule has 0 saturated heterocycles. The van der Waals surface area contributed by atoms with Gasteiger partial charge in [-0.1, -0.05) is 0 Å². The molecule has 0 aliphatic rings. The molecule has 0 amide bonds. The minimum atomic E-state index is 0.708. The molecule has 0 fully saturated rings. The van der Waals surface area contributed by atoms with Crippen molar-refractivity contribution >= 4 is 10.8 Å². The monoisotopic (exact) mass is 217 g/mol. The van der Waals surface area contributed by atoms with E-state index in [1.807, 2.05) is 24.3 Å². The standard InChI is InChI=1S/C13H13O3/c1-14-11-5-4-9-7-12(15-2)13(16-3)8-10(9)6-11/h4,6-8H,1-3H3. The summed E-state index contributed by atoms with van der Waals surface area (Å²) in [5, 5.41) is 2.08. The van der Waals surface area contributed by atoms with Gasteiger partial charge in [-0.25, -0.2) is 0 Å². The van der Waals surface area contributed by atoms with Gasteiger partial charge in [0.05, 0.1) is 21.3 Å². The van der Waals surface area contributed by atoms with E-state index in [2.05, 4.69) is 6.07 Å². The average Bonchev–Trinajstić information content (AvgIpc) is 2.36. The van der Waals surface area contributed by atoms with Crippen LogP contribution in [0.4, 0.5) is 0 Å². The van der Waals surface area contributed by atoms with Crippen molar-refractivity contribution in [2.75, 3.05) is 21.3 Å². The largest absolute Gasteiger partial charge is 0.496 e. The molecule has 0 aliphatic carbocycles. The maximum absolute atomic E-state index is 5.24. The molecule has 0 saturated carbocycles. The Bertz CT molecular complexity index is 506. The van der Waals surface area contributed by atoms with Gasteiger partial charge >= 0.3 is 0 Å². The molecule has 16 heavy (non-hydrogen) atoms. The first-order valence-corrected chi connectivity index (χ1v) is 4.90. The van der Waals surface area contributed by atoms with Gasteiger partial charge in [-0.15, -0.1) is 0 Å². The molecule has 2 aromatic carbocycles. The summed E-state index contributed by atoms with van der Waals surface area (Å²) in [5.74, 6) is 2.14. The number of ether oxygens (including phenoxy) is 3. The summed E-state index contributed by atoms with van der Waals surface area (Å²) >= 11 is 0. The van der Waals surface area contributed by atoms with Gasteiger partial charge in [0.2, 0.25) is 0 Å². The highest BCUT2D eigenvalue weighted by Crippen LogP contribution is 2.33. The first-order valence-electron chi connectivity index (χ1n) is 4.90. The molecule has 0 aliphatic heterocycles. The Balaban J connectivity index is 2.63. The first-order chi connectivity index (χ1) is 7.78. The third kappa shape index (κ3) is 1.76. The molecule has 0 heterocycles. The molecule has 83 valence electrons.